The first-order valence-corrected chi connectivity index (χ1v) is 10.9. The lowest BCUT2D eigenvalue weighted by molar-refractivity contribution is -0.206. The number of halogens is 4. The molecule has 2 atom stereocenters. The van der Waals surface area contributed by atoms with E-state index in [0.29, 0.717) is 5.69 Å². The van der Waals surface area contributed by atoms with Gasteiger partial charge >= 0.3 is 12.3 Å². The second-order valence-electron chi connectivity index (χ2n) is 8.24. The van der Waals surface area contributed by atoms with E-state index in [9.17, 15) is 33.0 Å². The average Bonchev–Trinajstić information content (AvgIpc) is 3.19. The van der Waals surface area contributed by atoms with Gasteiger partial charge in [-0.05, 0) is 35.9 Å². The van der Waals surface area contributed by atoms with Gasteiger partial charge in [0.05, 0.1) is 30.6 Å². The summed E-state index contributed by atoms with van der Waals surface area (Å²) in [5.74, 6) is -1.29. The summed E-state index contributed by atoms with van der Waals surface area (Å²) in [6, 6.07) is 5.86. The minimum absolute atomic E-state index is 0.00910. The number of nitrogens with zero attached hydrogens (tertiary/aromatic N) is 3. The Morgan fingerprint density at radius 1 is 1.28 bits per heavy atom. The number of pyridine rings is 1. The SMILES string of the molecule is CNC(=O)c1ccc(-c2nc3cc(C(O)C(F)(F)F)ccn3c2C[C@H]2CN(C(=O)O)CCO2)c(F)c1. The largest absolute Gasteiger partial charge is 0.465 e. The Labute approximate surface area is 201 Å². The number of hydrogen-bond acceptors (Lipinski definition) is 5. The van der Waals surface area contributed by atoms with E-state index in [1.807, 2.05) is 0 Å². The van der Waals surface area contributed by atoms with Crippen LogP contribution in [0.5, 0.6) is 0 Å². The van der Waals surface area contributed by atoms with E-state index in [1.165, 1.54) is 34.7 Å². The van der Waals surface area contributed by atoms with Crippen molar-refractivity contribution in [1.82, 2.24) is 19.6 Å². The molecule has 0 aliphatic carbocycles. The molecule has 1 saturated heterocycles. The first-order chi connectivity index (χ1) is 17.0. The van der Waals surface area contributed by atoms with Crippen molar-refractivity contribution in [3.63, 3.8) is 0 Å². The molecular formula is C23H22F4N4O5. The zero-order chi connectivity index (χ0) is 26.2. The molecule has 3 aromatic rings. The van der Waals surface area contributed by atoms with Crippen molar-refractivity contribution in [3.05, 3.63) is 59.2 Å². The highest BCUT2D eigenvalue weighted by Gasteiger charge is 2.39. The number of hydrogen-bond donors (Lipinski definition) is 3. The quantitative estimate of drug-likeness (QED) is 0.455. The summed E-state index contributed by atoms with van der Waals surface area (Å²) in [5, 5.41) is 21.4. The molecule has 2 aromatic heterocycles. The fourth-order valence-corrected chi connectivity index (χ4v) is 4.11. The molecule has 2 amide bonds. The predicted molar refractivity (Wildman–Crippen MR) is 118 cm³/mol. The van der Waals surface area contributed by atoms with Crippen LogP contribution >= 0.6 is 0 Å². The summed E-state index contributed by atoms with van der Waals surface area (Å²) in [7, 11) is 1.39. The lowest BCUT2D eigenvalue weighted by atomic mass is 10.0. The van der Waals surface area contributed by atoms with Gasteiger partial charge in [-0.1, -0.05) is 0 Å². The van der Waals surface area contributed by atoms with Crippen molar-refractivity contribution in [2.24, 2.45) is 0 Å². The van der Waals surface area contributed by atoms with Crippen LogP contribution in [0.4, 0.5) is 22.4 Å². The number of rotatable bonds is 5. The number of imidazole rings is 1. The van der Waals surface area contributed by atoms with Crippen LogP contribution in [-0.4, -0.2) is 75.5 Å². The number of nitrogens with one attached hydrogen (secondary N) is 1. The molecule has 13 heteroatoms. The molecule has 3 N–H and O–H groups in total. The Hall–Kier alpha value is -3.71. The number of carboxylic acid groups (broad SMARTS) is 1. The number of alkyl halides is 3. The lowest BCUT2D eigenvalue weighted by Crippen LogP contribution is -2.45. The van der Waals surface area contributed by atoms with Crippen LogP contribution in [0.3, 0.4) is 0 Å². The molecule has 36 heavy (non-hydrogen) atoms. The normalized spacial score (nSPS) is 17.3. The predicted octanol–water partition coefficient (Wildman–Crippen LogP) is 3.02. The van der Waals surface area contributed by atoms with E-state index >= 15 is 4.39 Å². The molecule has 1 unspecified atom stereocenters. The van der Waals surface area contributed by atoms with Gasteiger partial charge in [0.25, 0.3) is 5.91 Å². The molecular weight excluding hydrogens is 488 g/mol. The van der Waals surface area contributed by atoms with Gasteiger partial charge in [0.2, 0.25) is 0 Å². The van der Waals surface area contributed by atoms with Gasteiger partial charge in [-0.2, -0.15) is 13.2 Å². The van der Waals surface area contributed by atoms with E-state index < -0.39 is 41.8 Å². The Kier molecular flexibility index (Phi) is 6.87. The number of benzene rings is 1. The molecule has 192 valence electrons. The first-order valence-electron chi connectivity index (χ1n) is 10.9. The lowest BCUT2D eigenvalue weighted by Gasteiger charge is -2.31. The maximum Gasteiger partial charge on any atom is 0.418 e. The fraction of sp³-hybridized carbons (Fsp3) is 0.348. The average molecular weight is 510 g/mol. The summed E-state index contributed by atoms with van der Waals surface area (Å²) in [6.07, 6.45) is -8.03. The van der Waals surface area contributed by atoms with E-state index in [2.05, 4.69) is 10.3 Å². The number of carbonyl (C=O) groups is 2. The zero-order valence-electron chi connectivity index (χ0n) is 18.9. The number of carbonyl (C=O) groups excluding carboxylic acids is 1. The highest BCUT2D eigenvalue weighted by molar-refractivity contribution is 5.94. The number of fused-ring (bicyclic) bond motifs is 1. The van der Waals surface area contributed by atoms with E-state index in [4.69, 9.17) is 4.74 Å². The van der Waals surface area contributed by atoms with Crippen molar-refractivity contribution < 1.29 is 42.1 Å². The minimum atomic E-state index is -4.89. The first kappa shape index (κ1) is 25.4. The van der Waals surface area contributed by atoms with Crippen LogP contribution in [0.15, 0.2) is 36.5 Å². The number of aliphatic hydroxyl groups excluding tert-OH is 1. The Morgan fingerprint density at radius 2 is 2.03 bits per heavy atom. The van der Waals surface area contributed by atoms with Gasteiger partial charge < -0.3 is 29.6 Å². The second-order valence-corrected chi connectivity index (χ2v) is 8.24. The van der Waals surface area contributed by atoms with Crippen molar-refractivity contribution >= 4 is 17.6 Å². The topological polar surface area (TPSA) is 116 Å². The van der Waals surface area contributed by atoms with Gasteiger partial charge in [0, 0.05) is 37.3 Å². The third kappa shape index (κ3) is 4.97. The van der Waals surface area contributed by atoms with Crippen molar-refractivity contribution in [2.45, 2.75) is 24.8 Å². The molecule has 1 aromatic carbocycles. The van der Waals surface area contributed by atoms with Crippen molar-refractivity contribution in [1.29, 1.82) is 0 Å². The molecule has 0 saturated carbocycles. The molecule has 1 fully saturated rings. The summed E-state index contributed by atoms with van der Waals surface area (Å²) in [6.45, 7) is 0.352. The van der Waals surface area contributed by atoms with Crippen LogP contribution in [0.2, 0.25) is 0 Å². The third-order valence-electron chi connectivity index (χ3n) is 5.92. The Morgan fingerprint density at radius 3 is 2.67 bits per heavy atom. The standard InChI is InChI=1S/C23H22F4N4O5/c1-28-21(33)13-2-3-15(16(24)8-13)19-17(10-14-11-30(22(34)35)6-7-36-14)31-5-4-12(9-18(31)29-19)20(32)23(25,26)27/h2-5,8-9,14,20,32H,6-7,10-11H2,1H3,(H,28,33)(H,34,35)/t14-,20?/m0/s1. The Balaban J connectivity index is 1.81. The van der Waals surface area contributed by atoms with Crippen molar-refractivity contribution in [3.8, 4) is 11.3 Å². The van der Waals surface area contributed by atoms with Gasteiger partial charge in [-0.3, -0.25) is 4.79 Å². The maximum absolute atomic E-state index is 15.1. The molecule has 0 spiro atoms. The fourth-order valence-electron chi connectivity index (χ4n) is 4.11. The molecule has 0 bridgehead atoms. The van der Waals surface area contributed by atoms with E-state index in [1.54, 1.807) is 0 Å². The van der Waals surface area contributed by atoms with Gasteiger partial charge in [-0.25, -0.2) is 14.2 Å². The zero-order valence-corrected chi connectivity index (χ0v) is 18.9. The Bertz CT molecular complexity index is 1310. The summed E-state index contributed by atoms with van der Waals surface area (Å²) in [5.41, 5.74) is 0.0751. The summed E-state index contributed by atoms with van der Waals surface area (Å²) in [4.78, 5) is 28.8. The maximum atomic E-state index is 15.1. The summed E-state index contributed by atoms with van der Waals surface area (Å²) >= 11 is 0. The van der Waals surface area contributed by atoms with Crippen molar-refractivity contribution in [2.75, 3.05) is 26.7 Å². The molecule has 0 radical (unpaired) electrons. The van der Waals surface area contributed by atoms with Crippen LogP contribution < -0.4 is 5.32 Å². The molecule has 1 aliphatic heterocycles. The van der Waals surface area contributed by atoms with Crippen LogP contribution in [0.1, 0.15) is 27.7 Å². The smallest absolute Gasteiger partial charge is 0.418 e. The summed E-state index contributed by atoms with van der Waals surface area (Å²) < 4.78 is 61.4. The molecule has 1 aliphatic rings. The van der Waals surface area contributed by atoms with Crippen LogP contribution in [0.25, 0.3) is 16.9 Å². The minimum Gasteiger partial charge on any atom is -0.465 e. The van der Waals surface area contributed by atoms with Gasteiger partial charge in [0.1, 0.15) is 11.5 Å². The number of morpholine rings is 1. The highest BCUT2D eigenvalue weighted by Crippen LogP contribution is 2.34. The third-order valence-corrected chi connectivity index (χ3v) is 5.92. The molecule has 4 rings (SSSR count). The molecule has 3 heterocycles. The van der Waals surface area contributed by atoms with Gasteiger partial charge in [0.15, 0.2) is 6.10 Å². The van der Waals surface area contributed by atoms with Crippen LogP contribution in [0, 0.1) is 5.82 Å². The number of amides is 2. The monoisotopic (exact) mass is 510 g/mol. The van der Waals surface area contributed by atoms with E-state index in [0.717, 1.165) is 18.2 Å². The second kappa shape index (κ2) is 9.74. The number of aliphatic hydroxyl groups is 1. The van der Waals surface area contributed by atoms with Crippen LogP contribution in [-0.2, 0) is 11.2 Å². The van der Waals surface area contributed by atoms with Gasteiger partial charge in [-0.15, -0.1) is 0 Å². The molecule has 9 nitrogen and oxygen atoms in total. The highest BCUT2D eigenvalue weighted by atomic mass is 19.4. The number of ether oxygens (including phenoxy) is 1. The number of aromatic nitrogens is 2. The van der Waals surface area contributed by atoms with E-state index in [-0.39, 0.29) is 48.6 Å².